The molecule has 0 atom stereocenters. The van der Waals surface area contributed by atoms with Crippen molar-refractivity contribution in [2.24, 2.45) is 4.99 Å². The highest BCUT2D eigenvalue weighted by Gasteiger charge is 2.28. The summed E-state index contributed by atoms with van der Waals surface area (Å²) >= 11 is 0. The molecule has 2 N–H and O–H groups in total. The summed E-state index contributed by atoms with van der Waals surface area (Å²) in [6.45, 7) is 1.82. The number of halogens is 3. The summed E-state index contributed by atoms with van der Waals surface area (Å²) in [5.74, 6) is 0.647. The van der Waals surface area contributed by atoms with Crippen LogP contribution in [0.25, 0.3) is 0 Å². The Morgan fingerprint density at radius 3 is 2.48 bits per heavy atom. The minimum atomic E-state index is -4.38. The number of benzene rings is 2. The maximum atomic E-state index is 12.2. The molecule has 0 aliphatic carbocycles. The van der Waals surface area contributed by atoms with Crippen LogP contribution >= 0.6 is 0 Å². The first-order chi connectivity index (χ1) is 13.8. The number of nitro groups is 1. The van der Waals surface area contributed by atoms with Gasteiger partial charge in [-0.15, -0.1) is 0 Å². The minimum absolute atomic E-state index is 0.00323. The number of non-ortho nitro benzene ring substituents is 1. The fourth-order valence-electron chi connectivity index (χ4n) is 2.33. The van der Waals surface area contributed by atoms with Gasteiger partial charge in [-0.3, -0.25) is 10.1 Å². The molecular formula is C19H21F3N4O3. The molecule has 7 nitrogen and oxygen atoms in total. The average Bonchev–Trinajstić information content (AvgIpc) is 2.69. The molecule has 0 aliphatic heterocycles. The van der Waals surface area contributed by atoms with Crippen molar-refractivity contribution in [1.29, 1.82) is 0 Å². The van der Waals surface area contributed by atoms with E-state index in [0.29, 0.717) is 24.6 Å². The topological polar surface area (TPSA) is 88.8 Å². The van der Waals surface area contributed by atoms with Crippen LogP contribution in [0, 0.1) is 10.1 Å². The molecule has 2 aromatic carbocycles. The highest BCUT2D eigenvalue weighted by Crippen LogP contribution is 2.19. The van der Waals surface area contributed by atoms with Crippen molar-refractivity contribution in [1.82, 2.24) is 10.6 Å². The third kappa shape index (κ3) is 8.08. The summed E-state index contributed by atoms with van der Waals surface area (Å²) < 4.78 is 41.2. The minimum Gasteiger partial charge on any atom is -0.484 e. The van der Waals surface area contributed by atoms with E-state index in [-0.39, 0.29) is 18.0 Å². The van der Waals surface area contributed by atoms with E-state index in [1.165, 1.54) is 24.3 Å². The van der Waals surface area contributed by atoms with Crippen LogP contribution in [0.1, 0.15) is 18.1 Å². The van der Waals surface area contributed by atoms with Crippen LogP contribution < -0.4 is 15.4 Å². The normalized spacial score (nSPS) is 11.8. The van der Waals surface area contributed by atoms with Crippen LogP contribution in [-0.2, 0) is 13.1 Å². The lowest BCUT2D eigenvalue weighted by atomic mass is 10.2. The van der Waals surface area contributed by atoms with Crippen LogP contribution in [0.3, 0.4) is 0 Å². The smallest absolute Gasteiger partial charge is 0.422 e. The van der Waals surface area contributed by atoms with Crippen molar-refractivity contribution < 1.29 is 22.8 Å². The second kappa shape index (κ2) is 10.3. The molecule has 0 unspecified atom stereocenters. The van der Waals surface area contributed by atoms with E-state index in [0.717, 1.165) is 5.56 Å². The highest BCUT2D eigenvalue weighted by atomic mass is 19.4. The third-order valence-electron chi connectivity index (χ3n) is 3.67. The van der Waals surface area contributed by atoms with E-state index < -0.39 is 17.7 Å². The van der Waals surface area contributed by atoms with Crippen LogP contribution in [0.15, 0.2) is 53.5 Å². The maximum absolute atomic E-state index is 12.2. The molecule has 0 saturated carbocycles. The van der Waals surface area contributed by atoms with Crippen molar-refractivity contribution in [2.45, 2.75) is 26.2 Å². The number of alkyl halides is 3. The number of nitrogens with zero attached hydrogens (tertiary/aromatic N) is 2. The zero-order valence-electron chi connectivity index (χ0n) is 15.7. The zero-order chi connectivity index (χ0) is 21.3. The number of aliphatic imine (C=N–C) groups is 1. The molecule has 0 heterocycles. The standard InChI is InChI=1S/C19H21F3N4O3/c1-2-23-18(25-12-15-4-3-5-16(10-15)26(27)28)24-11-14-6-8-17(9-7-14)29-13-19(20,21)22/h3-10H,2,11-13H2,1H3,(H2,23,24,25). The Balaban J connectivity index is 1.94. The second-order valence-corrected chi connectivity index (χ2v) is 6.02. The molecule has 29 heavy (non-hydrogen) atoms. The largest absolute Gasteiger partial charge is 0.484 e. The molecule has 0 spiro atoms. The average molecular weight is 410 g/mol. The van der Waals surface area contributed by atoms with Crippen molar-refractivity contribution >= 4 is 11.6 Å². The number of hydrogen-bond acceptors (Lipinski definition) is 4. The Bertz CT molecular complexity index is 839. The molecule has 0 radical (unpaired) electrons. The summed E-state index contributed by atoms with van der Waals surface area (Å²) in [4.78, 5) is 14.8. The predicted octanol–water partition coefficient (Wildman–Crippen LogP) is 3.79. The Labute approximate surface area is 165 Å². The van der Waals surface area contributed by atoms with E-state index in [1.807, 2.05) is 6.92 Å². The Kier molecular flexibility index (Phi) is 7.81. The van der Waals surface area contributed by atoms with Crippen LogP contribution in [-0.4, -0.2) is 30.2 Å². The molecule has 0 fully saturated rings. The molecule has 0 bridgehead atoms. The summed E-state index contributed by atoms with van der Waals surface area (Å²) in [5, 5.41) is 17.0. The Morgan fingerprint density at radius 2 is 1.86 bits per heavy atom. The summed E-state index contributed by atoms with van der Waals surface area (Å²) in [7, 11) is 0. The van der Waals surface area contributed by atoms with E-state index in [2.05, 4.69) is 20.4 Å². The van der Waals surface area contributed by atoms with Crippen molar-refractivity contribution in [3.05, 3.63) is 69.8 Å². The third-order valence-corrected chi connectivity index (χ3v) is 3.67. The van der Waals surface area contributed by atoms with Crippen LogP contribution in [0.4, 0.5) is 18.9 Å². The molecule has 10 heteroatoms. The van der Waals surface area contributed by atoms with Gasteiger partial charge >= 0.3 is 6.18 Å². The number of ether oxygens (including phenoxy) is 1. The molecule has 0 aromatic heterocycles. The lowest BCUT2D eigenvalue weighted by molar-refractivity contribution is -0.384. The fourth-order valence-corrected chi connectivity index (χ4v) is 2.33. The summed E-state index contributed by atoms with van der Waals surface area (Å²) in [5.41, 5.74) is 1.52. The molecular weight excluding hydrogens is 389 g/mol. The first-order valence-corrected chi connectivity index (χ1v) is 8.81. The van der Waals surface area contributed by atoms with E-state index >= 15 is 0 Å². The summed E-state index contributed by atoms with van der Waals surface area (Å²) in [6.07, 6.45) is -4.38. The molecule has 0 amide bonds. The first kappa shape index (κ1) is 22.0. The van der Waals surface area contributed by atoms with Crippen LogP contribution in [0.5, 0.6) is 5.75 Å². The number of rotatable bonds is 8. The first-order valence-electron chi connectivity index (χ1n) is 8.81. The Morgan fingerprint density at radius 1 is 1.14 bits per heavy atom. The molecule has 0 aliphatic rings. The molecule has 0 saturated heterocycles. The SMILES string of the molecule is CCNC(=NCc1cccc([N+](=O)[O-])c1)NCc1ccc(OCC(F)(F)F)cc1. The van der Waals surface area contributed by atoms with E-state index in [1.54, 1.807) is 24.3 Å². The highest BCUT2D eigenvalue weighted by molar-refractivity contribution is 5.79. The molecule has 2 rings (SSSR count). The lowest BCUT2D eigenvalue weighted by Gasteiger charge is -2.12. The van der Waals surface area contributed by atoms with Gasteiger partial charge in [-0.25, -0.2) is 4.99 Å². The number of nitro benzene ring substituents is 1. The fraction of sp³-hybridized carbons (Fsp3) is 0.316. The maximum Gasteiger partial charge on any atom is 0.422 e. The van der Waals surface area contributed by atoms with Gasteiger partial charge < -0.3 is 15.4 Å². The predicted molar refractivity (Wildman–Crippen MR) is 103 cm³/mol. The molecule has 156 valence electrons. The Hall–Kier alpha value is -3.30. The number of guanidine groups is 1. The van der Waals surface area contributed by atoms with Gasteiger partial charge in [0, 0.05) is 25.2 Å². The van der Waals surface area contributed by atoms with Crippen molar-refractivity contribution in [3.8, 4) is 5.75 Å². The van der Waals surface area contributed by atoms with Gasteiger partial charge in [-0.05, 0) is 30.2 Å². The van der Waals surface area contributed by atoms with Crippen molar-refractivity contribution in [2.75, 3.05) is 13.2 Å². The lowest BCUT2D eigenvalue weighted by Crippen LogP contribution is -2.36. The van der Waals surface area contributed by atoms with Gasteiger partial charge in [0.25, 0.3) is 5.69 Å². The van der Waals surface area contributed by atoms with Gasteiger partial charge in [-0.2, -0.15) is 13.2 Å². The van der Waals surface area contributed by atoms with Gasteiger partial charge in [0.1, 0.15) is 5.75 Å². The van der Waals surface area contributed by atoms with Crippen molar-refractivity contribution in [3.63, 3.8) is 0 Å². The summed E-state index contributed by atoms with van der Waals surface area (Å²) in [6, 6.07) is 12.5. The van der Waals surface area contributed by atoms with E-state index in [4.69, 9.17) is 0 Å². The van der Waals surface area contributed by atoms with E-state index in [9.17, 15) is 23.3 Å². The van der Waals surface area contributed by atoms with Crippen LogP contribution in [0.2, 0.25) is 0 Å². The van der Waals surface area contributed by atoms with Gasteiger partial charge in [-0.1, -0.05) is 24.3 Å². The van der Waals surface area contributed by atoms with Gasteiger partial charge in [0.05, 0.1) is 11.5 Å². The molecule has 2 aromatic rings. The zero-order valence-corrected chi connectivity index (χ0v) is 15.7. The number of hydrogen-bond donors (Lipinski definition) is 2. The second-order valence-electron chi connectivity index (χ2n) is 6.02. The monoisotopic (exact) mass is 410 g/mol. The quantitative estimate of drug-likeness (QED) is 0.299. The van der Waals surface area contributed by atoms with Gasteiger partial charge in [0.2, 0.25) is 0 Å². The van der Waals surface area contributed by atoms with Gasteiger partial charge in [0.15, 0.2) is 12.6 Å². The number of nitrogens with one attached hydrogen (secondary N) is 2.